The van der Waals surface area contributed by atoms with Crippen molar-refractivity contribution >= 4 is 17.6 Å². The van der Waals surface area contributed by atoms with Crippen molar-refractivity contribution in [1.82, 2.24) is 0 Å². The minimum absolute atomic E-state index is 0.187. The van der Waals surface area contributed by atoms with Crippen molar-refractivity contribution < 1.29 is 23.5 Å². The molecule has 92 valence electrons. The number of carboxylic acids is 1. The van der Waals surface area contributed by atoms with Crippen LogP contribution in [0, 0.1) is 0 Å². The van der Waals surface area contributed by atoms with E-state index in [0.29, 0.717) is 5.69 Å². The zero-order chi connectivity index (χ0) is 13.1. The highest BCUT2D eigenvalue weighted by atomic mass is 19.3. The number of rotatable bonds is 4. The van der Waals surface area contributed by atoms with Crippen molar-refractivity contribution in [3.05, 3.63) is 29.8 Å². The van der Waals surface area contributed by atoms with Crippen LogP contribution in [0.1, 0.15) is 12.5 Å². The SMILES string of the molecule is CC(=O)Nc1ccc(CC(F)(F)C(=O)O)cc1. The van der Waals surface area contributed by atoms with E-state index >= 15 is 0 Å². The second kappa shape index (κ2) is 4.90. The number of nitrogens with one attached hydrogen (secondary N) is 1. The van der Waals surface area contributed by atoms with Crippen LogP contribution in [0.15, 0.2) is 24.3 Å². The van der Waals surface area contributed by atoms with Gasteiger partial charge >= 0.3 is 11.9 Å². The number of anilines is 1. The molecule has 0 atom stereocenters. The largest absolute Gasteiger partial charge is 0.477 e. The fraction of sp³-hybridized carbons (Fsp3) is 0.273. The van der Waals surface area contributed by atoms with Gasteiger partial charge in [-0.05, 0) is 17.7 Å². The fourth-order valence-corrected chi connectivity index (χ4v) is 1.24. The maximum Gasteiger partial charge on any atom is 0.374 e. The van der Waals surface area contributed by atoms with Crippen LogP contribution in [0.2, 0.25) is 0 Å². The monoisotopic (exact) mass is 243 g/mol. The molecule has 2 N–H and O–H groups in total. The van der Waals surface area contributed by atoms with Gasteiger partial charge < -0.3 is 10.4 Å². The van der Waals surface area contributed by atoms with E-state index in [1.54, 1.807) is 0 Å². The van der Waals surface area contributed by atoms with Crippen LogP contribution in [-0.2, 0) is 16.0 Å². The molecule has 0 saturated carbocycles. The fourth-order valence-electron chi connectivity index (χ4n) is 1.24. The highest BCUT2D eigenvalue weighted by molar-refractivity contribution is 5.88. The summed E-state index contributed by atoms with van der Waals surface area (Å²) >= 11 is 0. The molecule has 4 nitrogen and oxygen atoms in total. The number of carbonyl (C=O) groups is 2. The van der Waals surface area contributed by atoms with Crippen molar-refractivity contribution in [2.45, 2.75) is 19.3 Å². The predicted molar refractivity (Wildman–Crippen MR) is 57.0 cm³/mol. The zero-order valence-electron chi connectivity index (χ0n) is 9.04. The second-order valence-electron chi connectivity index (χ2n) is 3.56. The third kappa shape index (κ3) is 3.82. The molecule has 1 aromatic rings. The minimum Gasteiger partial charge on any atom is -0.477 e. The maximum absolute atomic E-state index is 12.9. The molecule has 0 aliphatic carbocycles. The van der Waals surface area contributed by atoms with E-state index in [9.17, 15) is 18.4 Å². The molecule has 1 amide bonds. The molecule has 0 saturated heterocycles. The highest BCUT2D eigenvalue weighted by Gasteiger charge is 2.38. The summed E-state index contributed by atoms with van der Waals surface area (Å²) in [6, 6.07) is 5.58. The van der Waals surface area contributed by atoms with Gasteiger partial charge in [0.25, 0.3) is 0 Å². The molecule has 0 bridgehead atoms. The third-order valence-corrected chi connectivity index (χ3v) is 2.01. The Morgan fingerprint density at radius 2 is 1.82 bits per heavy atom. The average Bonchev–Trinajstić information content (AvgIpc) is 2.19. The summed E-state index contributed by atoms with van der Waals surface area (Å²) in [7, 11) is 0. The standard InChI is InChI=1S/C11H11F2NO3/c1-7(15)14-9-4-2-8(3-5-9)6-11(12,13)10(16)17/h2-5H,6H2,1H3,(H,14,15)(H,16,17). The Kier molecular flexibility index (Phi) is 3.77. The molecule has 1 aromatic carbocycles. The van der Waals surface area contributed by atoms with Crippen molar-refractivity contribution in [2.75, 3.05) is 5.32 Å². The van der Waals surface area contributed by atoms with Crippen molar-refractivity contribution in [3.8, 4) is 0 Å². The average molecular weight is 243 g/mol. The van der Waals surface area contributed by atoms with E-state index in [-0.39, 0.29) is 11.5 Å². The zero-order valence-corrected chi connectivity index (χ0v) is 9.04. The van der Waals surface area contributed by atoms with E-state index in [4.69, 9.17) is 5.11 Å². The van der Waals surface area contributed by atoms with Gasteiger partial charge in [-0.1, -0.05) is 12.1 Å². The quantitative estimate of drug-likeness (QED) is 0.848. The maximum atomic E-state index is 12.9. The van der Waals surface area contributed by atoms with Crippen LogP contribution in [0.4, 0.5) is 14.5 Å². The van der Waals surface area contributed by atoms with Crippen LogP contribution in [-0.4, -0.2) is 22.9 Å². The molecule has 0 unspecified atom stereocenters. The molecule has 0 heterocycles. The summed E-state index contributed by atoms with van der Waals surface area (Å²) in [5.74, 6) is -6.20. The first-order valence-corrected chi connectivity index (χ1v) is 4.79. The normalized spacial score (nSPS) is 11.0. The van der Waals surface area contributed by atoms with Crippen LogP contribution in [0.25, 0.3) is 0 Å². The van der Waals surface area contributed by atoms with Gasteiger partial charge in [-0.3, -0.25) is 4.79 Å². The van der Waals surface area contributed by atoms with Crippen molar-refractivity contribution in [1.29, 1.82) is 0 Å². The van der Waals surface area contributed by atoms with E-state index in [2.05, 4.69) is 5.32 Å². The molecule has 0 radical (unpaired) electrons. The minimum atomic E-state index is -3.78. The summed E-state index contributed by atoms with van der Waals surface area (Å²) in [4.78, 5) is 20.9. The Morgan fingerprint density at radius 1 is 1.29 bits per heavy atom. The van der Waals surface area contributed by atoms with Gasteiger partial charge in [-0.25, -0.2) is 4.79 Å². The van der Waals surface area contributed by atoms with Gasteiger partial charge in [-0.2, -0.15) is 8.78 Å². The first kappa shape index (κ1) is 13.1. The number of alkyl halides is 2. The number of hydrogen-bond donors (Lipinski definition) is 2. The van der Waals surface area contributed by atoms with Gasteiger partial charge in [0.15, 0.2) is 0 Å². The van der Waals surface area contributed by atoms with Crippen LogP contribution in [0.3, 0.4) is 0 Å². The summed E-state index contributed by atoms with van der Waals surface area (Å²) in [6.45, 7) is 1.33. The lowest BCUT2D eigenvalue weighted by molar-refractivity contribution is -0.164. The molecular weight excluding hydrogens is 232 g/mol. The first-order chi connectivity index (χ1) is 7.81. The number of carboxylic acid groups (broad SMARTS) is 1. The van der Waals surface area contributed by atoms with Crippen molar-refractivity contribution in [2.24, 2.45) is 0 Å². The number of hydrogen-bond acceptors (Lipinski definition) is 2. The number of amides is 1. The summed E-state index contributed by atoms with van der Waals surface area (Å²) in [5, 5.41) is 10.7. The van der Waals surface area contributed by atoms with Gasteiger partial charge in [0, 0.05) is 19.0 Å². The Morgan fingerprint density at radius 3 is 2.24 bits per heavy atom. The molecule has 0 aromatic heterocycles. The molecule has 0 fully saturated rings. The first-order valence-electron chi connectivity index (χ1n) is 4.79. The van der Waals surface area contributed by atoms with Crippen LogP contribution >= 0.6 is 0 Å². The summed E-state index contributed by atoms with van der Waals surface area (Å²) < 4.78 is 25.7. The lowest BCUT2D eigenvalue weighted by Crippen LogP contribution is -2.30. The third-order valence-electron chi connectivity index (χ3n) is 2.01. The summed E-state index contributed by atoms with van der Waals surface area (Å²) in [6.07, 6.45) is -0.872. The Labute approximate surface area is 96.3 Å². The van der Waals surface area contributed by atoms with E-state index in [0.717, 1.165) is 0 Å². The molecule has 1 rings (SSSR count). The lowest BCUT2D eigenvalue weighted by Gasteiger charge is -2.11. The predicted octanol–water partition coefficient (Wildman–Crippen LogP) is 1.91. The molecule has 17 heavy (non-hydrogen) atoms. The molecule has 0 aliphatic rings. The molecule has 0 spiro atoms. The van der Waals surface area contributed by atoms with Crippen LogP contribution in [0.5, 0.6) is 0 Å². The Bertz CT molecular complexity index is 429. The second-order valence-corrected chi connectivity index (χ2v) is 3.56. The van der Waals surface area contributed by atoms with Gasteiger partial charge in [-0.15, -0.1) is 0 Å². The topological polar surface area (TPSA) is 66.4 Å². The van der Waals surface area contributed by atoms with Crippen LogP contribution < -0.4 is 5.32 Å². The highest BCUT2D eigenvalue weighted by Crippen LogP contribution is 2.21. The molecule has 0 aliphatic heterocycles. The Balaban J connectivity index is 2.75. The van der Waals surface area contributed by atoms with E-state index in [1.807, 2.05) is 0 Å². The van der Waals surface area contributed by atoms with Gasteiger partial charge in [0.05, 0.1) is 0 Å². The summed E-state index contributed by atoms with van der Waals surface area (Å²) in [5.41, 5.74) is 0.659. The van der Waals surface area contributed by atoms with Gasteiger partial charge in [0.1, 0.15) is 0 Å². The molecule has 6 heteroatoms. The number of halogens is 2. The van der Waals surface area contributed by atoms with E-state index in [1.165, 1.54) is 31.2 Å². The number of aliphatic carboxylic acids is 1. The number of benzene rings is 1. The number of carbonyl (C=O) groups excluding carboxylic acids is 1. The van der Waals surface area contributed by atoms with Gasteiger partial charge in [0.2, 0.25) is 5.91 Å². The van der Waals surface area contributed by atoms with Crippen molar-refractivity contribution in [3.63, 3.8) is 0 Å². The Hall–Kier alpha value is -1.98. The lowest BCUT2D eigenvalue weighted by atomic mass is 10.1. The smallest absolute Gasteiger partial charge is 0.374 e. The molecular formula is C11H11F2NO3. The van der Waals surface area contributed by atoms with E-state index < -0.39 is 18.3 Å².